The van der Waals surface area contributed by atoms with Gasteiger partial charge in [0.25, 0.3) is 5.91 Å². The van der Waals surface area contributed by atoms with Gasteiger partial charge < -0.3 is 5.32 Å². The molecule has 0 saturated carbocycles. The predicted octanol–water partition coefficient (Wildman–Crippen LogP) is 4.97. The van der Waals surface area contributed by atoms with E-state index < -0.39 is 0 Å². The number of fused-ring (bicyclic) bond motifs is 1. The summed E-state index contributed by atoms with van der Waals surface area (Å²) in [7, 11) is 0. The highest BCUT2D eigenvalue weighted by molar-refractivity contribution is 6.13. The Hall–Kier alpha value is -2.68. The van der Waals surface area contributed by atoms with E-state index in [1.807, 2.05) is 56.3 Å². The van der Waals surface area contributed by atoms with Gasteiger partial charge in [-0.1, -0.05) is 31.2 Å². The van der Waals surface area contributed by atoms with Crippen LogP contribution < -0.4 is 5.32 Å². The lowest BCUT2D eigenvalue weighted by molar-refractivity contribution is 0.102. The summed E-state index contributed by atoms with van der Waals surface area (Å²) in [6.07, 6.45) is 0.806. The Morgan fingerprint density at radius 1 is 1.04 bits per heavy atom. The Balaban J connectivity index is 2.08. The molecule has 1 amide bonds. The number of carbonyl (C=O) groups is 1. The van der Waals surface area contributed by atoms with E-state index in [-0.39, 0.29) is 5.91 Å². The van der Waals surface area contributed by atoms with Gasteiger partial charge in [-0.15, -0.1) is 0 Å². The molecule has 24 heavy (non-hydrogen) atoms. The lowest BCUT2D eigenvalue weighted by Crippen LogP contribution is -2.16. The summed E-state index contributed by atoms with van der Waals surface area (Å²) in [4.78, 5) is 17.7. The van der Waals surface area contributed by atoms with Gasteiger partial charge in [0.15, 0.2) is 0 Å². The van der Waals surface area contributed by atoms with Crippen LogP contribution in [0.3, 0.4) is 0 Å². The number of benzene rings is 2. The van der Waals surface area contributed by atoms with E-state index in [0.717, 1.165) is 39.8 Å². The average molecular weight is 318 g/mol. The molecule has 0 aliphatic rings. The first-order valence-electron chi connectivity index (χ1n) is 8.28. The molecule has 1 aromatic heterocycles. The van der Waals surface area contributed by atoms with Crippen molar-refractivity contribution in [2.24, 2.45) is 0 Å². The quantitative estimate of drug-likeness (QED) is 0.740. The minimum absolute atomic E-state index is 0.0796. The van der Waals surface area contributed by atoms with Crippen LogP contribution in [0.4, 0.5) is 5.69 Å². The number of carbonyl (C=O) groups excluding carboxylic acids is 1. The fourth-order valence-electron chi connectivity index (χ4n) is 3.01. The number of rotatable bonds is 3. The van der Waals surface area contributed by atoms with E-state index in [9.17, 15) is 4.79 Å². The standard InChI is InChI=1S/C21H22N2O/c1-5-18-15(4)20(17-8-6-7-9-19(17)23-18)21(24)22-16-11-10-13(2)14(3)12-16/h6-12H,5H2,1-4H3,(H,22,24). The van der Waals surface area contributed by atoms with Crippen molar-refractivity contribution in [3.05, 3.63) is 70.4 Å². The molecule has 0 radical (unpaired) electrons. The smallest absolute Gasteiger partial charge is 0.256 e. The summed E-state index contributed by atoms with van der Waals surface area (Å²) < 4.78 is 0. The van der Waals surface area contributed by atoms with Gasteiger partial charge in [0.2, 0.25) is 0 Å². The molecule has 0 bridgehead atoms. The number of aromatic nitrogens is 1. The summed E-state index contributed by atoms with van der Waals surface area (Å²) in [6.45, 7) is 8.16. The summed E-state index contributed by atoms with van der Waals surface area (Å²) in [5.41, 5.74) is 6.71. The van der Waals surface area contributed by atoms with Crippen molar-refractivity contribution in [3.8, 4) is 0 Å². The van der Waals surface area contributed by atoms with Crippen LogP contribution in [-0.4, -0.2) is 10.9 Å². The van der Waals surface area contributed by atoms with E-state index in [1.165, 1.54) is 11.1 Å². The van der Waals surface area contributed by atoms with Crippen LogP contribution in [0.1, 0.15) is 39.7 Å². The number of nitrogens with zero attached hydrogens (tertiary/aromatic N) is 1. The Bertz CT molecular complexity index is 929. The van der Waals surface area contributed by atoms with Crippen molar-refractivity contribution in [1.29, 1.82) is 0 Å². The number of anilines is 1. The van der Waals surface area contributed by atoms with Gasteiger partial charge in [0, 0.05) is 16.8 Å². The normalized spacial score (nSPS) is 10.8. The highest BCUT2D eigenvalue weighted by atomic mass is 16.1. The highest BCUT2D eigenvalue weighted by Crippen LogP contribution is 2.25. The van der Waals surface area contributed by atoms with E-state index in [2.05, 4.69) is 24.1 Å². The second-order valence-corrected chi connectivity index (χ2v) is 6.18. The van der Waals surface area contributed by atoms with Gasteiger partial charge in [0.05, 0.1) is 11.1 Å². The number of hydrogen-bond donors (Lipinski definition) is 1. The molecule has 3 rings (SSSR count). The maximum atomic E-state index is 13.0. The summed E-state index contributed by atoms with van der Waals surface area (Å²) in [6, 6.07) is 13.8. The number of amides is 1. The fourth-order valence-corrected chi connectivity index (χ4v) is 3.01. The van der Waals surface area contributed by atoms with Crippen molar-refractivity contribution < 1.29 is 4.79 Å². The zero-order chi connectivity index (χ0) is 17.3. The molecule has 0 saturated heterocycles. The molecule has 0 atom stereocenters. The number of hydrogen-bond acceptors (Lipinski definition) is 2. The lowest BCUT2D eigenvalue weighted by Gasteiger charge is -2.14. The van der Waals surface area contributed by atoms with Crippen molar-refractivity contribution >= 4 is 22.5 Å². The third-order valence-corrected chi connectivity index (χ3v) is 4.56. The molecule has 2 aromatic carbocycles. The van der Waals surface area contributed by atoms with Gasteiger partial charge >= 0.3 is 0 Å². The number of nitrogens with one attached hydrogen (secondary N) is 1. The topological polar surface area (TPSA) is 42.0 Å². The van der Waals surface area contributed by atoms with Gasteiger partial charge in [-0.3, -0.25) is 9.78 Å². The molecule has 0 aliphatic carbocycles. The molecule has 3 aromatic rings. The number of pyridine rings is 1. The summed E-state index contributed by atoms with van der Waals surface area (Å²) in [5.74, 6) is -0.0796. The Labute approximate surface area is 142 Å². The average Bonchev–Trinajstić information content (AvgIpc) is 2.57. The maximum absolute atomic E-state index is 13.0. The number of aryl methyl sites for hydroxylation is 3. The van der Waals surface area contributed by atoms with Crippen molar-refractivity contribution in [2.45, 2.75) is 34.1 Å². The molecule has 0 unspecified atom stereocenters. The van der Waals surface area contributed by atoms with Crippen LogP contribution in [-0.2, 0) is 6.42 Å². The van der Waals surface area contributed by atoms with Gasteiger partial charge in [-0.25, -0.2) is 0 Å². The molecular formula is C21H22N2O. The first-order chi connectivity index (χ1) is 11.5. The van der Waals surface area contributed by atoms with Crippen LogP contribution in [0.5, 0.6) is 0 Å². The predicted molar refractivity (Wildman–Crippen MR) is 99.7 cm³/mol. The summed E-state index contributed by atoms with van der Waals surface area (Å²) in [5, 5.41) is 3.94. The zero-order valence-corrected chi connectivity index (χ0v) is 14.6. The molecule has 0 aliphatic heterocycles. The SMILES string of the molecule is CCc1nc2ccccc2c(C(=O)Nc2ccc(C)c(C)c2)c1C. The zero-order valence-electron chi connectivity index (χ0n) is 14.6. The number of para-hydroxylation sites is 1. The minimum Gasteiger partial charge on any atom is -0.322 e. The van der Waals surface area contributed by atoms with Crippen molar-refractivity contribution in [1.82, 2.24) is 4.98 Å². The molecular weight excluding hydrogens is 296 g/mol. The Morgan fingerprint density at radius 3 is 2.50 bits per heavy atom. The van der Waals surface area contributed by atoms with Crippen LogP contribution >= 0.6 is 0 Å². The van der Waals surface area contributed by atoms with Crippen LogP contribution in [0, 0.1) is 20.8 Å². The van der Waals surface area contributed by atoms with Gasteiger partial charge in [-0.05, 0) is 62.1 Å². The Kier molecular flexibility index (Phi) is 4.34. The van der Waals surface area contributed by atoms with Crippen molar-refractivity contribution in [2.75, 3.05) is 5.32 Å². The third-order valence-electron chi connectivity index (χ3n) is 4.56. The molecule has 0 fully saturated rings. The monoisotopic (exact) mass is 318 g/mol. The van der Waals surface area contributed by atoms with E-state index in [0.29, 0.717) is 0 Å². The van der Waals surface area contributed by atoms with E-state index in [4.69, 9.17) is 0 Å². The van der Waals surface area contributed by atoms with Gasteiger partial charge in [-0.2, -0.15) is 0 Å². The molecule has 1 N–H and O–H groups in total. The third kappa shape index (κ3) is 2.90. The first-order valence-corrected chi connectivity index (χ1v) is 8.28. The van der Waals surface area contributed by atoms with Crippen LogP contribution in [0.25, 0.3) is 10.9 Å². The second kappa shape index (κ2) is 6.44. The lowest BCUT2D eigenvalue weighted by atomic mass is 9.99. The molecule has 122 valence electrons. The molecule has 3 nitrogen and oxygen atoms in total. The minimum atomic E-state index is -0.0796. The largest absolute Gasteiger partial charge is 0.322 e. The highest BCUT2D eigenvalue weighted by Gasteiger charge is 2.17. The van der Waals surface area contributed by atoms with E-state index in [1.54, 1.807) is 0 Å². The summed E-state index contributed by atoms with van der Waals surface area (Å²) >= 11 is 0. The fraction of sp³-hybridized carbons (Fsp3) is 0.238. The first kappa shape index (κ1) is 16.2. The molecule has 3 heteroatoms. The van der Waals surface area contributed by atoms with Gasteiger partial charge in [0.1, 0.15) is 0 Å². The maximum Gasteiger partial charge on any atom is 0.256 e. The van der Waals surface area contributed by atoms with E-state index >= 15 is 0 Å². The molecule has 0 spiro atoms. The Morgan fingerprint density at radius 2 is 1.79 bits per heavy atom. The van der Waals surface area contributed by atoms with Crippen LogP contribution in [0.15, 0.2) is 42.5 Å². The van der Waals surface area contributed by atoms with Crippen LogP contribution in [0.2, 0.25) is 0 Å². The van der Waals surface area contributed by atoms with Crippen molar-refractivity contribution in [3.63, 3.8) is 0 Å². The second-order valence-electron chi connectivity index (χ2n) is 6.18. The molecule has 1 heterocycles.